The van der Waals surface area contributed by atoms with Crippen molar-refractivity contribution in [2.24, 2.45) is 0 Å². The summed E-state index contributed by atoms with van der Waals surface area (Å²) in [6, 6.07) is 0. The molecule has 0 saturated carbocycles. The van der Waals surface area contributed by atoms with Gasteiger partial charge in [-0.05, 0) is 0 Å². The zero-order valence-corrected chi connectivity index (χ0v) is 9.75. The topological polar surface area (TPSA) is 86.2 Å². The van der Waals surface area contributed by atoms with Crippen molar-refractivity contribution in [3.8, 4) is 0 Å². The molecule has 0 saturated heterocycles. The van der Waals surface area contributed by atoms with Crippen LogP contribution in [-0.4, -0.2) is 20.1 Å². The fourth-order valence-electron chi connectivity index (χ4n) is 0. The summed E-state index contributed by atoms with van der Waals surface area (Å²) >= 11 is -6.10. The number of hydrogen-bond donors (Lipinski definition) is 0. The molecule has 7 heavy (non-hydrogen) atoms. The first-order valence-electron chi connectivity index (χ1n) is 0.730. The summed E-state index contributed by atoms with van der Waals surface area (Å²) in [5, 5.41) is 0. The van der Waals surface area contributed by atoms with E-state index in [4.69, 9.17) is 13.2 Å². The van der Waals surface area contributed by atoms with Crippen molar-refractivity contribution in [2.75, 3.05) is 0 Å². The first-order chi connectivity index (χ1) is 2.00. The van der Waals surface area contributed by atoms with Gasteiger partial charge in [-0.15, -0.1) is 0 Å². The van der Waals surface area contributed by atoms with Crippen molar-refractivity contribution in [3.63, 3.8) is 0 Å². The second-order valence-corrected chi connectivity index (χ2v) is 3.00. The molecule has 0 aromatic rings. The Balaban J connectivity index is -0.0000000800. The van der Waals surface area contributed by atoms with Crippen LogP contribution in [0, 0.1) is 0 Å². The van der Waals surface area contributed by atoms with E-state index in [-0.39, 0.29) is 43.1 Å². The maximum Gasteiger partial charge on any atom is -0.210 e. The normalized spacial score (nSPS) is 8.43. The molecule has 0 radical (unpaired) electrons. The molecule has 0 heterocycles. The van der Waals surface area contributed by atoms with Crippen LogP contribution in [0.5, 0.6) is 0 Å². The molecule has 0 aromatic carbocycles. The van der Waals surface area contributed by atoms with Gasteiger partial charge in [0.05, 0.1) is 0 Å². The summed E-state index contributed by atoms with van der Waals surface area (Å²) in [5.74, 6) is 0. The van der Waals surface area contributed by atoms with E-state index in [0.29, 0.717) is 0 Å². The van der Waals surface area contributed by atoms with Crippen molar-refractivity contribution in [2.45, 2.75) is 0 Å². The fraction of sp³-hybridized carbons (Fsp3) is 0. The van der Waals surface area contributed by atoms with E-state index in [9.17, 15) is 0 Å². The molecule has 0 atom stereocenters. The van der Waals surface area contributed by atoms with Crippen molar-refractivity contribution in [3.05, 3.63) is 0 Å². The molecule has 4 nitrogen and oxygen atoms in total. The zero-order chi connectivity index (χ0) is 4.50. The summed E-state index contributed by atoms with van der Waals surface area (Å²) < 4.78 is 34.6. The van der Waals surface area contributed by atoms with Crippen LogP contribution in [0.2, 0.25) is 0 Å². The van der Waals surface area contributed by atoms with Gasteiger partial charge in [-0.2, -0.15) is 0 Å². The molecular weight excluding hydrogens is 241 g/mol. The average molecular weight is 245 g/mol. The standard InChI is InChI=1S/Na.4O.H4S.Sb/h;;;;;1H4;/q+1;;3*-1;+2;. The van der Waals surface area contributed by atoms with Crippen molar-refractivity contribution in [1.29, 1.82) is 0 Å². The SMILES string of the molecule is [Na+].[O]=[Sb]([O-])([O-])[O-].[SH4+2]. The van der Waals surface area contributed by atoms with Crippen LogP contribution in [0.1, 0.15) is 0 Å². The van der Waals surface area contributed by atoms with Gasteiger partial charge in [0.1, 0.15) is 0 Å². The Kier molecular flexibility index (Phi) is 13.6. The Bertz CT molecular complexity index is 57.8. The molecule has 0 fully saturated rings. The monoisotopic (exact) mass is 244 g/mol. The molecule has 0 spiro atoms. The summed E-state index contributed by atoms with van der Waals surface area (Å²) in [5.41, 5.74) is 0. The minimum atomic E-state index is -6.10. The predicted octanol–water partition coefficient (Wildman–Crippen LogP) is -8.14. The quantitative estimate of drug-likeness (QED) is 0.396. The maximum atomic E-state index is 8.64. The second kappa shape index (κ2) is 5.98. The van der Waals surface area contributed by atoms with E-state index in [2.05, 4.69) is 0 Å². The third-order valence-electron chi connectivity index (χ3n) is 0. The van der Waals surface area contributed by atoms with Gasteiger partial charge in [-0.3, -0.25) is 0 Å². The van der Waals surface area contributed by atoms with Crippen molar-refractivity contribution < 1.29 is 42.7 Å². The minimum absolute atomic E-state index is 0. The molecule has 0 aliphatic heterocycles. The van der Waals surface area contributed by atoms with Crippen LogP contribution in [0.4, 0.5) is 0 Å². The largest absolute Gasteiger partial charge is 0.210 e. The van der Waals surface area contributed by atoms with Crippen LogP contribution in [0.15, 0.2) is 0 Å². The summed E-state index contributed by atoms with van der Waals surface area (Å²) in [4.78, 5) is 0. The first-order valence-corrected chi connectivity index (χ1v) is 4.90. The summed E-state index contributed by atoms with van der Waals surface area (Å²) in [6.07, 6.45) is 0. The molecule has 0 aromatic heterocycles. The Labute approximate surface area is 75.4 Å². The summed E-state index contributed by atoms with van der Waals surface area (Å²) in [6.45, 7) is 0. The van der Waals surface area contributed by atoms with Gasteiger partial charge < -0.3 is 0 Å². The van der Waals surface area contributed by atoms with Crippen LogP contribution in [0.3, 0.4) is 0 Å². The fourth-order valence-corrected chi connectivity index (χ4v) is 0. The Morgan fingerprint density at radius 3 is 1.14 bits per heavy atom. The Morgan fingerprint density at radius 1 is 1.14 bits per heavy atom. The van der Waals surface area contributed by atoms with Gasteiger partial charge in [0, 0.05) is 0 Å². The molecule has 0 unspecified atom stereocenters. The minimum Gasteiger partial charge on any atom is -0.210 e. The van der Waals surface area contributed by atoms with Crippen LogP contribution in [0.25, 0.3) is 0 Å². The van der Waals surface area contributed by atoms with E-state index in [1.54, 1.807) is 0 Å². The number of rotatable bonds is 0. The average Bonchev–Trinajstić information content (AvgIpc) is 0.722. The maximum absolute atomic E-state index is 8.64. The first kappa shape index (κ1) is 15.9. The molecule has 0 rings (SSSR count). The molecule has 40 valence electrons. The van der Waals surface area contributed by atoms with Gasteiger partial charge in [0.2, 0.25) is 0 Å². The van der Waals surface area contributed by atoms with Gasteiger partial charge in [-0.1, -0.05) is 0 Å². The van der Waals surface area contributed by atoms with Gasteiger partial charge >= 0.3 is 62.8 Å². The zero-order valence-electron chi connectivity index (χ0n) is 3.79. The molecule has 0 amide bonds. The predicted molar refractivity (Wildman–Crippen MR) is 19.4 cm³/mol. The van der Waals surface area contributed by atoms with Crippen molar-refractivity contribution in [1.82, 2.24) is 0 Å². The molecule has 0 aliphatic rings. The summed E-state index contributed by atoms with van der Waals surface area (Å²) in [7, 11) is 0. The van der Waals surface area contributed by atoms with E-state index in [0.717, 1.165) is 0 Å². The van der Waals surface area contributed by atoms with Gasteiger partial charge in [0.15, 0.2) is 0 Å². The molecule has 0 aliphatic carbocycles. The third kappa shape index (κ3) is 78.6. The van der Waals surface area contributed by atoms with Crippen LogP contribution in [-0.2, 0) is 16.5 Å². The van der Waals surface area contributed by atoms with Crippen LogP contribution >= 0.6 is 0 Å². The molecule has 0 bridgehead atoms. The van der Waals surface area contributed by atoms with Gasteiger partial charge in [0.25, 0.3) is 0 Å². The molecule has 0 N–H and O–H groups in total. The molecular formula is H4NaO4SSb. The van der Waals surface area contributed by atoms with E-state index >= 15 is 0 Å². The van der Waals surface area contributed by atoms with E-state index < -0.39 is 20.1 Å². The van der Waals surface area contributed by atoms with Crippen molar-refractivity contribution >= 4 is 33.6 Å². The smallest absolute Gasteiger partial charge is 0.210 e. The molecule has 7 heteroatoms. The Hall–Kier alpha value is 1.85. The third-order valence-corrected chi connectivity index (χ3v) is 0. The number of hydrogen-bond acceptors (Lipinski definition) is 4. The van der Waals surface area contributed by atoms with Gasteiger partial charge in [-0.25, -0.2) is 13.5 Å². The van der Waals surface area contributed by atoms with Crippen LogP contribution < -0.4 is 39.7 Å². The Morgan fingerprint density at radius 2 is 1.14 bits per heavy atom. The second-order valence-electron chi connectivity index (χ2n) is 0.447. The van der Waals surface area contributed by atoms with E-state index in [1.807, 2.05) is 0 Å². The van der Waals surface area contributed by atoms with E-state index in [1.165, 1.54) is 0 Å².